The van der Waals surface area contributed by atoms with Crippen LogP contribution < -0.4 is 9.47 Å². The highest BCUT2D eigenvalue weighted by Gasteiger charge is 2.33. The SMILES string of the molecule is CCn1cc(/C=C2\Oc3c(ccc4c3CN(Cc3ccc(Cl)c(Cl)c3)CO4)C2=O)c2ccccc21. The molecular weight excluding hydrogens is 483 g/mol. The number of benzene rings is 3. The van der Waals surface area contributed by atoms with Gasteiger partial charge in [0.1, 0.15) is 18.2 Å². The Kier molecular flexibility index (Phi) is 5.56. The van der Waals surface area contributed by atoms with Gasteiger partial charge in [0.15, 0.2) is 5.76 Å². The molecule has 35 heavy (non-hydrogen) atoms. The summed E-state index contributed by atoms with van der Waals surface area (Å²) < 4.78 is 14.4. The summed E-state index contributed by atoms with van der Waals surface area (Å²) in [7, 11) is 0. The fourth-order valence-corrected chi connectivity index (χ4v) is 5.12. The first-order valence-corrected chi connectivity index (χ1v) is 12.2. The van der Waals surface area contributed by atoms with E-state index in [-0.39, 0.29) is 5.78 Å². The zero-order valence-corrected chi connectivity index (χ0v) is 20.6. The van der Waals surface area contributed by atoms with Crippen molar-refractivity contribution in [2.75, 3.05) is 6.73 Å². The molecule has 0 saturated carbocycles. The van der Waals surface area contributed by atoms with Crippen molar-refractivity contribution in [2.24, 2.45) is 0 Å². The standard InChI is InChI=1S/C28H22Cl2N2O3/c1-2-32-14-18(19-5-3-4-6-24(19)32)12-26-27(33)20-8-10-25-21(28(20)35-26)15-31(16-34-25)13-17-7-9-22(29)23(30)11-17/h3-12,14H,2,13,15-16H2,1H3/b26-12-. The molecular formula is C28H22Cl2N2O3. The van der Waals surface area contributed by atoms with Crippen molar-refractivity contribution in [2.45, 2.75) is 26.6 Å². The Hall–Kier alpha value is -3.25. The molecule has 0 fully saturated rings. The summed E-state index contributed by atoms with van der Waals surface area (Å²) in [5.74, 6) is 1.54. The van der Waals surface area contributed by atoms with Gasteiger partial charge in [-0.3, -0.25) is 9.69 Å². The van der Waals surface area contributed by atoms with Crippen molar-refractivity contribution in [3.8, 4) is 11.5 Å². The average molecular weight is 505 g/mol. The van der Waals surface area contributed by atoms with Gasteiger partial charge in [-0.15, -0.1) is 0 Å². The third-order valence-corrected chi connectivity index (χ3v) is 7.26. The van der Waals surface area contributed by atoms with Crippen LogP contribution in [0.5, 0.6) is 11.5 Å². The third-order valence-electron chi connectivity index (χ3n) is 6.52. The first kappa shape index (κ1) is 22.2. The summed E-state index contributed by atoms with van der Waals surface area (Å²) in [5, 5.41) is 2.14. The molecule has 4 aromatic rings. The van der Waals surface area contributed by atoms with Crippen molar-refractivity contribution in [1.82, 2.24) is 9.47 Å². The Morgan fingerprint density at radius 2 is 1.91 bits per heavy atom. The molecule has 6 rings (SSSR count). The fraction of sp³-hybridized carbons (Fsp3) is 0.179. The van der Waals surface area contributed by atoms with Crippen LogP contribution in [-0.2, 0) is 19.6 Å². The summed E-state index contributed by atoms with van der Waals surface area (Å²) in [6, 6.07) is 17.4. The number of fused-ring (bicyclic) bond motifs is 4. The van der Waals surface area contributed by atoms with Gasteiger partial charge < -0.3 is 14.0 Å². The molecule has 0 aliphatic carbocycles. The topological polar surface area (TPSA) is 43.7 Å². The Balaban J connectivity index is 1.31. The van der Waals surface area contributed by atoms with Gasteiger partial charge in [0, 0.05) is 42.3 Å². The van der Waals surface area contributed by atoms with Crippen LogP contribution >= 0.6 is 23.2 Å². The van der Waals surface area contributed by atoms with Gasteiger partial charge in [-0.1, -0.05) is 47.5 Å². The summed E-state index contributed by atoms with van der Waals surface area (Å²) in [4.78, 5) is 15.4. The van der Waals surface area contributed by atoms with Gasteiger partial charge in [-0.2, -0.15) is 0 Å². The van der Waals surface area contributed by atoms with E-state index in [1.54, 1.807) is 12.1 Å². The fourth-order valence-electron chi connectivity index (χ4n) is 4.80. The van der Waals surface area contributed by atoms with Gasteiger partial charge in [0.25, 0.3) is 0 Å². The van der Waals surface area contributed by atoms with E-state index in [0.717, 1.165) is 39.9 Å². The highest BCUT2D eigenvalue weighted by Crippen LogP contribution is 2.42. The van der Waals surface area contributed by atoms with Crippen LogP contribution in [0.15, 0.2) is 66.6 Å². The number of para-hydroxylation sites is 1. The second-order valence-electron chi connectivity index (χ2n) is 8.76. The molecule has 0 unspecified atom stereocenters. The molecule has 1 aromatic heterocycles. The predicted molar refractivity (Wildman–Crippen MR) is 138 cm³/mol. The van der Waals surface area contributed by atoms with E-state index >= 15 is 0 Å². The number of aromatic nitrogens is 1. The van der Waals surface area contributed by atoms with Crippen molar-refractivity contribution in [3.05, 3.63) is 98.9 Å². The quantitative estimate of drug-likeness (QED) is 0.282. The lowest BCUT2D eigenvalue weighted by Gasteiger charge is -2.29. The zero-order chi connectivity index (χ0) is 24.1. The van der Waals surface area contributed by atoms with Crippen molar-refractivity contribution < 1.29 is 14.3 Å². The van der Waals surface area contributed by atoms with Crippen LogP contribution in [0.2, 0.25) is 10.0 Å². The zero-order valence-electron chi connectivity index (χ0n) is 19.1. The number of ketones is 1. The Bertz CT molecular complexity index is 1520. The van der Waals surface area contributed by atoms with E-state index in [1.807, 2.05) is 36.4 Å². The summed E-state index contributed by atoms with van der Waals surface area (Å²) in [5.41, 5.74) is 4.57. The third kappa shape index (κ3) is 3.90. The molecule has 0 spiro atoms. The number of aryl methyl sites for hydroxylation is 1. The number of Topliss-reactive ketones (excluding diaryl/α,β-unsaturated/α-hetero) is 1. The Morgan fingerprint density at radius 1 is 1.06 bits per heavy atom. The predicted octanol–water partition coefficient (Wildman–Crippen LogP) is 6.94. The summed E-state index contributed by atoms with van der Waals surface area (Å²) in [6.07, 6.45) is 3.91. The van der Waals surface area contributed by atoms with Gasteiger partial charge in [-0.05, 0) is 48.9 Å². The molecule has 0 saturated heterocycles. The largest absolute Gasteiger partial charge is 0.478 e. The van der Waals surface area contributed by atoms with Gasteiger partial charge in [0.2, 0.25) is 5.78 Å². The molecule has 5 nitrogen and oxygen atoms in total. The summed E-state index contributed by atoms with van der Waals surface area (Å²) in [6.45, 7) is 4.60. The van der Waals surface area contributed by atoms with Gasteiger partial charge in [0.05, 0.1) is 21.2 Å². The van der Waals surface area contributed by atoms with E-state index in [4.69, 9.17) is 32.7 Å². The molecule has 0 N–H and O–H groups in total. The molecule has 2 aliphatic rings. The van der Waals surface area contributed by atoms with Crippen molar-refractivity contribution in [3.63, 3.8) is 0 Å². The maximum Gasteiger partial charge on any atom is 0.231 e. The first-order chi connectivity index (χ1) is 17.0. The molecule has 3 aromatic carbocycles. The lowest BCUT2D eigenvalue weighted by molar-refractivity contribution is 0.0873. The monoisotopic (exact) mass is 504 g/mol. The molecule has 0 radical (unpaired) electrons. The second kappa shape index (κ2) is 8.76. The van der Waals surface area contributed by atoms with Crippen LogP contribution in [0.4, 0.5) is 0 Å². The van der Waals surface area contributed by atoms with Gasteiger partial charge >= 0.3 is 0 Å². The number of carbonyl (C=O) groups excluding carboxylic acids is 1. The molecule has 2 aliphatic heterocycles. The number of halogens is 2. The molecule has 7 heteroatoms. The van der Waals surface area contributed by atoms with E-state index in [0.29, 0.717) is 46.9 Å². The van der Waals surface area contributed by atoms with Crippen molar-refractivity contribution >= 4 is 46.0 Å². The van der Waals surface area contributed by atoms with E-state index < -0.39 is 0 Å². The molecule has 0 amide bonds. The number of nitrogens with zero attached hydrogens (tertiary/aromatic N) is 2. The summed E-state index contributed by atoms with van der Waals surface area (Å²) >= 11 is 12.2. The van der Waals surface area contributed by atoms with Crippen molar-refractivity contribution in [1.29, 1.82) is 0 Å². The number of hydrogen-bond acceptors (Lipinski definition) is 4. The maximum atomic E-state index is 13.3. The lowest BCUT2D eigenvalue weighted by Crippen LogP contribution is -2.31. The number of ether oxygens (including phenoxy) is 2. The molecule has 3 heterocycles. The van der Waals surface area contributed by atoms with Crippen LogP contribution in [0.25, 0.3) is 17.0 Å². The van der Waals surface area contributed by atoms with E-state index in [9.17, 15) is 4.79 Å². The molecule has 176 valence electrons. The lowest BCUT2D eigenvalue weighted by atomic mass is 10.0. The normalized spacial score (nSPS) is 16.3. The highest BCUT2D eigenvalue weighted by molar-refractivity contribution is 6.42. The van der Waals surface area contributed by atoms with E-state index in [2.05, 4.69) is 34.7 Å². The number of rotatable bonds is 4. The smallest absolute Gasteiger partial charge is 0.231 e. The van der Waals surface area contributed by atoms with E-state index in [1.165, 1.54) is 0 Å². The van der Waals surface area contributed by atoms with Gasteiger partial charge in [-0.25, -0.2) is 0 Å². The minimum Gasteiger partial charge on any atom is -0.478 e. The van der Waals surface area contributed by atoms with Crippen LogP contribution in [0.3, 0.4) is 0 Å². The number of hydrogen-bond donors (Lipinski definition) is 0. The van der Waals surface area contributed by atoms with Crippen LogP contribution in [-0.4, -0.2) is 22.0 Å². The number of allylic oxidation sites excluding steroid dienone is 1. The highest BCUT2D eigenvalue weighted by atomic mass is 35.5. The maximum absolute atomic E-state index is 13.3. The average Bonchev–Trinajstić information content (AvgIpc) is 3.39. The van der Waals surface area contributed by atoms with Crippen LogP contribution in [0.1, 0.15) is 34.0 Å². The Labute approximate surface area is 213 Å². The van der Waals surface area contributed by atoms with Crippen LogP contribution in [0, 0.1) is 0 Å². The minimum absolute atomic E-state index is 0.113. The molecule has 0 bridgehead atoms. The Morgan fingerprint density at radius 3 is 2.74 bits per heavy atom. The molecule has 0 atom stereocenters. The minimum atomic E-state index is -0.113. The second-order valence-corrected chi connectivity index (χ2v) is 9.57. The number of carbonyl (C=O) groups is 1. The first-order valence-electron chi connectivity index (χ1n) is 11.5.